The van der Waals surface area contributed by atoms with Crippen LogP contribution in [0.2, 0.25) is 0 Å². The number of hydroxylamine groups is 1. The topological polar surface area (TPSA) is 38.3 Å². The van der Waals surface area contributed by atoms with Crippen LogP contribution in [0, 0.1) is 0 Å². The fourth-order valence-electron chi connectivity index (χ4n) is 0.314. The summed E-state index contributed by atoms with van der Waals surface area (Å²) in [5.74, 6) is 0. The smallest absolute Gasteiger partial charge is 0.264 e. The molecule has 0 radical (unpaired) electrons. The summed E-state index contributed by atoms with van der Waals surface area (Å²) in [6.45, 7) is 0.437. The first-order valence-corrected chi connectivity index (χ1v) is 3.04. The van der Waals surface area contributed by atoms with Gasteiger partial charge in [-0.25, -0.2) is 5.48 Å². The van der Waals surface area contributed by atoms with E-state index in [1.54, 1.807) is 0 Å². The molecule has 0 saturated carbocycles. The molecule has 3 nitrogen and oxygen atoms in total. The number of carbonyl (C=O) groups is 1. The Morgan fingerprint density at radius 3 is 3.00 bits per heavy atom. The molecule has 0 aromatic carbocycles. The van der Waals surface area contributed by atoms with E-state index in [1.807, 2.05) is 0 Å². The zero-order valence-electron chi connectivity index (χ0n) is 3.23. The second-order valence-corrected chi connectivity index (χ2v) is 2.51. The third-order valence-electron chi connectivity index (χ3n) is 0.605. The predicted molar refractivity (Wildman–Crippen MR) is 22.6 cm³/mol. The summed E-state index contributed by atoms with van der Waals surface area (Å²) in [6, 6.07) is 0. The summed E-state index contributed by atoms with van der Waals surface area (Å²) >= 11 is 0. The van der Waals surface area contributed by atoms with Crippen molar-refractivity contribution in [2.24, 2.45) is 0 Å². The minimum absolute atomic E-state index is 0.259. The standard InChI is InChI=1S/C2H5NO2Si/c4-2-1-3-5-6-2/h3H,1,6H2. The maximum Gasteiger partial charge on any atom is 0.264 e. The van der Waals surface area contributed by atoms with E-state index in [-0.39, 0.29) is 5.41 Å². The summed E-state index contributed by atoms with van der Waals surface area (Å²) in [5, 5.41) is 0.259. The highest BCUT2D eigenvalue weighted by Crippen LogP contribution is 1.75. The van der Waals surface area contributed by atoms with Crippen LogP contribution in [0.1, 0.15) is 0 Å². The van der Waals surface area contributed by atoms with Crippen LogP contribution in [-0.2, 0) is 9.32 Å². The lowest BCUT2D eigenvalue weighted by atomic mass is 10.8. The number of nitrogens with one attached hydrogen (secondary N) is 1. The van der Waals surface area contributed by atoms with Crippen molar-refractivity contribution in [3.05, 3.63) is 0 Å². The lowest BCUT2D eigenvalue weighted by Gasteiger charge is -1.79. The summed E-state index contributed by atoms with van der Waals surface area (Å²) in [7, 11) is -0.782. The van der Waals surface area contributed by atoms with Gasteiger partial charge in [-0.3, -0.25) is 0 Å². The van der Waals surface area contributed by atoms with E-state index in [0.717, 1.165) is 0 Å². The molecule has 0 bridgehead atoms. The molecule has 34 valence electrons. The van der Waals surface area contributed by atoms with Gasteiger partial charge in [-0.2, -0.15) is 0 Å². The molecule has 0 aromatic heterocycles. The van der Waals surface area contributed by atoms with Gasteiger partial charge in [0.1, 0.15) is 0 Å². The molecular weight excluding hydrogens is 98.1 g/mol. The van der Waals surface area contributed by atoms with Gasteiger partial charge in [0.25, 0.3) is 9.76 Å². The van der Waals surface area contributed by atoms with Crippen molar-refractivity contribution < 1.29 is 9.32 Å². The Morgan fingerprint density at radius 1 is 2.00 bits per heavy atom. The summed E-state index contributed by atoms with van der Waals surface area (Å²) in [5.41, 5.74) is 2.48. The molecule has 4 heteroatoms. The van der Waals surface area contributed by atoms with Crippen molar-refractivity contribution >= 4 is 15.2 Å². The molecule has 0 atom stereocenters. The van der Waals surface area contributed by atoms with Crippen LogP contribution >= 0.6 is 0 Å². The van der Waals surface area contributed by atoms with Crippen molar-refractivity contribution in [2.45, 2.75) is 0 Å². The van der Waals surface area contributed by atoms with Crippen LogP contribution in [0.3, 0.4) is 0 Å². The lowest BCUT2D eigenvalue weighted by molar-refractivity contribution is -0.110. The molecule has 0 amide bonds. The third-order valence-corrected chi connectivity index (χ3v) is 1.52. The van der Waals surface area contributed by atoms with Crippen LogP contribution < -0.4 is 5.48 Å². The number of hydrogen-bond acceptors (Lipinski definition) is 3. The third kappa shape index (κ3) is 0.647. The summed E-state index contributed by atoms with van der Waals surface area (Å²) in [6.07, 6.45) is 0. The van der Waals surface area contributed by atoms with Crippen LogP contribution in [-0.4, -0.2) is 21.7 Å². The molecule has 1 saturated heterocycles. The van der Waals surface area contributed by atoms with E-state index in [9.17, 15) is 4.79 Å². The van der Waals surface area contributed by atoms with Crippen molar-refractivity contribution in [3.8, 4) is 0 Å². The van der Waals surface area contributed by atoms with Gasteiger partial charge in [-0.1, -0.05) is 0 Å². The Morgan fingerprint density at radius 2 is 2.83 bits per heavy atom. The largest absolute Gasteiger partial charge is 0.344 e. The van der Waals surface area contributed by atoms with E-state index >= 15 is 0 Å². The highest BCUT2D eigenvalue weighted by molar-refractivity contribution is 6.70. The molecule has 1 N–H and O–H groups in total. The normalized spacial score (nSPS) is 26.3. The van der Waals surface area contributed by atoms with Gasteiger partial charge in [0.15, 0.2) is 5.41 Å². The lowest BCUT2D eigenvalue weighted by Crippen LogP contribution is -2.06. The zero-order chi connectivity index (χ0) is 4.41. The molecule has 1 rings (SSSR count). The van der Waals surface area contributed by atoms with E-state index < -0.39 is 9.76 Å². The minimum atomic E-state index is -0.782. The van der Waals surface area contributed by atoms with E-state index in [4.69, 9.17) is 0 Å². The molecule has 0 aliphatic carbocycles. The predicted octanol–water partition coefficient (Wildman–Crippen LogP) is -1.87. The summed E-state index contributed by atoms with van der Waals surface area (Å²) in [4.78, 5) is 10.1. The SMILES string of the molecule is O=C1CNO[SiH2]1. The van der Waals surface area contributed by atoms with Gasteiger partial charge in [-0.05, 0) is 0 Å². The first kappa shape index (κ1) is 3.98. The van der Waals surface area contributed by atoms with E-state index in [0.29, 0.717) is 6.54 Å². The molecule has 0 spiro atoms. The molecule has 1 fully saturated rings. The maximum atomic E-state index is 10.1. The van der Waals surface area contributed by atoms with E-state index in [1.165, 1.54) is 0 Å². The Bertz CT molecular complexity index is 65.9. The van der Waals surface area contributed by atoms with Crippen LogP contribution in [0.15, 0.2) is 0 Å². The fourth-order valence-corrected chi connectivity index (χ4v) is 0.883. The second-order valence-electron chi connectivity index (χ2n) is 1.15. The first-order chi connectivity index (χ1) is 2.89. The van der Waals surface area contributed by atoms with Crippen LogP contribution in [0.25, 0.3) is 0 Å². The monoisotopic (exact) mass is 103 g/mol. The van der Waals surface area contributed by atoms with Gasteiger partial charge in [0.05, 0.1) is 6.54 Å². The first-order valence-electron chi connectivity index (χ1n) is 1.76. The molecule has 0 unspecified atom stereocenters. The molecule has 6 heavy (non-hydrogen) atoms. The Hall–Kier alpha value is -0.193. The zero-order valence-corrected chi connectivity index (χ0v) is 4.64. The van der Waals surface area contributed by atoms with Crippen molar-refractivity contribution in [1.82, 2.24) is 5.48 Å². The summed E-state index contributed by atoms with van der Waals surface area (Å²) < 4.78 is 4.60. The minimum Gasteiger partial charge on any atom is -0.344 e. The van der Waals surface area contributed by atoms with E-state index in [2.05, 4.69) is 10.0 Å². The van der Waals surface area contributed by atoms with Crippen molar-refractivity contribution in [1.29, 1.82) is 0 Å². The molecular formula is C2H5NO2Si. The fraction of sp³-hybridized carbons (Fsp3) is 0.500. The highest BCUT2D eigenvalue weighted by Gasteiger charge is 2.08. The number of rotatable bonds is 0. The second kappa shape index (κ2) is 1.50. The van der Waals surface area contributed by atoms with Gasteiger partial charge in [-0.15, -0.1) is 0 Å². The van der Waals surface area contributed by atoms with Gasteiger partial charge in [0.2, 0.25) is 0 Å². The Kier molecular flexibility index (Phi) is 0.997. The van der Waals surface area contributed by atoms with Gasteiger partial charge in [0, 0.05) is 0 Å². The van der Waals surface area contributed by atoms with Crippen molar-refractivity contribution in [2.75, 3.05) is 6.54 Å². The molecule has 0 aromatic rings. The molecule has 1 aliphatic heterocycles. The average molecular weight is 103 g/mol. The van der Waals surface area contributed by atoms with Crippen molar-refractivity contribution in [3.63, 3.8) is 0 Å². The Labute approximate surface area is 37.6 Å². The van der Waals surface area contributed by atoms with Crippen LogP contribution in [0.4, 0.5) is 0 Å². The van der Waals surface area contributed by atoms with Crippen LogP contribution in [0.5, 0.6) is 0 Å². The maximum absolute atomic E-state index is 10.1. The number of hydrogen-bond donors (Lipinski definition) is 1. The quantitative estimate of drug-likeness (QED) is 0.365. The highest BCUT2D eigenvalue weighted by atomic mass is 28.2. The van der Waals surface area contributed by atoms with Gasteiger partial charge < -0.3 is 9.32 Å². The molecule has 1 aliphatic rings. The average Bonchev–Trinajstić information content (AvgIpc) is 1.86. The van der Waals surface area contributed by atoms with Gasteiger partial charge >= 0.3 is 0 Å². The molecule has 1 heterocycles. The number of carbonyl (C=O) groups excluding carboxylic acids is 1. The Balaban J connectivity index is 2.37.